The van der Waals surface area contributed by atoms with Crippen molar-refractivity contribution in [3.8, 4) is 5.75 Å². The molecule has 0 aromatic heterocycles. The summed E-state index contributed by atoms with van der Waals surface area (Å²) in [6.45, 7) is 0.318. The molecule has 1 heterocycles. The Hall–Kier alpha value is -2.50. The molecule has 1 saturated heterocycles. The van der Waals surface area contributed by atoms with Gasteiger partial charge in [-0.2, -0.15) is 0 Å². The van der Waals surface area contributed by atoms with Crippen LogP contribution in [0.4, 0.5) is 10.5 Å². The Balaban J connectivity index is 1.66. The van der Waals surface area contributed by atoms with Crippen LogP contribution in [0.5, 0.6) is 5.75 Å². The molecule has 1 fully saturated rings. The number of carbonyl (C=O) groups is 3. The van der Waals surface area contributed by atoms with Crippen LogP contribution in [0.1, 0.15) is 11.1 Å². The summed E-state index contributed by atoms with van der Waals surface area (Å²) in [7, 11) is 0. The van der Waals surface area contributed by atoms with Crippen LogP contribution in [0.2, 0.25) is 0 Å². The summed E-state index contributed by atoms with van der Waals surface area (Å²) in [5, 5.41) is 2.23. The van der Waals surface area contributed by atoms with E-state index in [1.54, 1.807) is 36.4 Å². The van der Waals surface area contributed by atoms with Crippen molar-refractivity contribution in [3.63, 3.8) is 0 Å². The second-order valence-corrected chi connectivity index (χ2v) is 10.1. The Kier molecular flexibility index (Phi) is 7.30. The predicted molar refractivity (Wildman–Crippen MR) is 141 cm³/mol. The third kappa shape index (κ3) is 5.53. The number of carbonyl (C=O) groups excluding carboxylic acids is 3. The molecule has 4 amide bonds. The van der Waals surface area contributed by atoms with Gasteiger partial charge in [0, 0.05) is 18.1 Å². The number of anilines is 1. The molecule has 0 aliphatic carbocycles. The van der Waals surface area contributed by atoms with Gasteiger partial charge in [-0.3, -0.25) is 14.9 Å². The normalized spacial score (nSPS) is 15.1. The average molecular weight is 682 g/mol. The van der Waals surface area contributed by atoms with Crippen molar-refractivity contribution in [2.24, 2.45) is 0 Å². The quantitative estimate of drug-likeness (QED) is 0.202. The summed E-state index contributed by atoms with van der Waals surface area (Å²) in [6, 6.07) is 19.1. The van der Waals surface area contributed by atoms with Crippen molar-refractivity contribution < 1.29 is 19.1 Å². The fraction of sp³-hybridized carbons (Fsp3) is 0.0417. The fourth-order valence-corrected chi connectivity index (χ4v) is 4.15. The molecule has 1 N–H and O–H groups in total. The minimum Gasteiger partial charge on any atom is -0.488 e. The Bertz CT molecular complexity index is 1270. The van der Waals surface area contributed by atoms with Crippen LogP contribution in [-0.2, 0) is 16.2 Å². The van der Waals surface area contributed by atoms with Gasteiger partial charge in [0.1, 0.15) is 17.9 Å². The lowest BCUT2D eigenvalue weighted by molar-refractivity contribution is -0.122. The van der Waals surface area contributed by atoms with E-state index in [1.807, 2.05) is 30.3 Å². The van der Waals surface area contributed by atoms with Gasteiger partial charge < -0.3 is 4.74 Å². The number of rotatable bonds is 5. The molecule has 0 saturated carbocycles. The standard InChI is InChI=1S/C24H15Br2IN2O4/c25-16-3-8-19(9-4-16)29-23(31)20(22(30)28-24(29)32)12-15-11-17(26)5-10-21(15)33-13-14-1-6-18(27)7-2-14/h1-12H,13H2,(H,28,30,32)/b20-12+. The largest absolute Gasteiger partial charge is 0.488 e. The van der Waals surface area contributed by atoms with Crippen LogP contribution in [0.3, 0.4) is 0 Å². The summed E-state index contributed by atoms with van der Waals surface area (Å²) in [6.07, 6.45) is 1.43. The highest BCUT2D eigenvalue weighted by Gasteiger charge is 2.37. The number of ether oxygens (including phenoxy) is 1. The van der Waals surface area contributed by atoms with Crippen LogP contribution in [0, 0.1) is 3.57 Å². The van der Waals surface area contributed by atoms with Gasteiger partial charge in [-0.05, 0) is 88.8 Å². The highest BCUT2D eigenvalue weighted by molar-refractivity contribution is 14.1. The van der Waals surface area contributed by atoms with Crippen LogP contribution in [-0.4, -0.2) is 17.8 Å². The molecule has 0 bridgehead atoms. The van der Waals surface area contributed by atoms with Crippen LogP contribution in [0.15, 0.2) is 81.2 Å². The minimum absolute atomic E-state index is 0.172. The van der Waals surface area contributed by atoms with Crippen molar-refractivity contribution in [2.45, 2.75) is 6.61 Å². The summed E-state index contributed by atoms with van der Waals surface area (Å²) < 4.78 is 8.65. The lowest BCUT2D eigenvalue weighted by Crippen LogP contribution is -2.54. The molecule has 0 atom stereocenters. The molecular formula is C24H15Br2IN2O4. The van der Waals surface area contributed by atoms with E-state index in [0.717, 1.165) is 23.0 Å². The van der Waals surface area contributed by atoms with E-state index < -0.39 is 17.8 Å². The van der Waals surface area contributed by atoms with Crippen molar-refractivity contribution in [1.29, 1.82) is 0 Å². The number of nitrogens with zero attached hydrogens (tertiary/aromatic N) is 1. The zero-order valence-corrected chi connectivity index (χ0v) is 22.2. The van der Waals surface area contributed by atoms with E-state index >= 15 is 0 Å². The molecule has 1 aliphatic heterocycles. The van der Waals surface area contributed by atoms with E-state index in [0.29, 0.717) is 23.6 Å². The molecule has 166 valence electrons. The van der Waals surface area contributed by atoms with Gasteiger partial charge in [-0.1, -0.05) is 44.0 Å². The number of benzene rings is 3. The molecule has 0 radical (unpaired) electrons. The maximum atomic E-state index is 13.2. The highest BCUT2D eigenvalue weighted by Crippen LogP contribution is 2.29. The SMILES string of the molecule is O=C1NC(=O)N(c2ccc(Br)cc2)C(=O)/C1=C/c1cc(Br)ccc1OCc1ccc(I)cc1. The first-order valence-electron chi connectivity index (χ1n) is 9.65. The fourth-order valence-electron chi connectivity index (χ4n) is 3.14. The number of imide groups is 2. The number of hydrogen-bond acceptors (Lipinski definition) is 4. The number of urea groups is 1. The smallest absolute Gasteiger partial charge is 0.335 e. The molecule has 3 aromatic rings. The van der Waals surface area contributed by atoms with Gasteiger partial charge in [-0.15, -0.1) is 0 Å². The third-order valence-corrected chi connectivity index (χ3v) is 6.51. The van der Waals surface area contributed by atoms with Gasteiger partial charge in [0.15, 0.2) is 0 Å². The summed E-state index contributed by atoms with van der Waals surface area (Å²) in [4.78, 5) is 39.0. The van der Waals surface area contributed by atoms with Gasteiger partial charge in [0.25, 0.3) is 11.8 Å². The Labute approximate surface area is 220 Å². The van der Waals surface area contributed by atoms with Crippen molar-refractivity contribution in [1.82, 2.24) is 5.32 Å². The zero-order chi connectivity index (χ0) is 23.5. The van der Waals surface area contributed by atoms with Crippen molar-refractivity contribution in [3.05, 3.63) is 95.9 Å². The molecule has 0 spiro atoms. The van der Waals surface area contributed by atoms with Gasteiger partial charge in [-0.25, -0.2) is 9.69 Å². The second-order valence-electron chi connectivity index (χ2n) is 7.03. The van der Waals surface area contributed by atoms with Gasteiger partial charge >= 0.3 is 6.03 Å². The monoisotopic (exact) mass is 680 g/mol. The predicted octanol–water partition coefficient (Wildman–Crippen LogP) is 6.06. The average Bonchev–Trinajstić information content (AvgIpc) is 2.78. The number of halogens is 3. The topological polar surface area (TPSA) is 75.7 Å². The number of hydrogen-bond donors (Lipinski definition) is 1. The minimum atomic E-state index is -0.797. The van der Waals surface area contributed by atoms with E-state index in [2.05, 4.69) is 59.8 Å². The Morgan fingerprint density at radius 3 is 2.27 bits per heavy atom. The number of barbiturate groups is 1. The van der Waals surface area contributed by atoms with Gasteiger partial charge in [0.2, 0.25) is 0 Å². The van der Waals surface area contributed by atoms with Gasteiger partial charge in [0.05, 0.1) is 5.69 Å². The maximum Gasteiger partial charge on any atom is 0.335 e. The maximum absolute atomic E-state index is 13.2. The Morgan fingerprint density at radius 2 is 1.58 bits per heavy atom. The first-order valence-corrected chi connectivity index (χ1v) is 12.3. The Morgan fingerprint density at radius 1 is 0.909 bits per heavy atom. The summed E-state index contributed by atoms with van der Waals surface area (Å²) >= 11 is 8.98. The lowest BCUT2D eigenvalue weighted by Gasteiger charge is -2.26. The summed E-state index contributed by atoms with van der Waals surface area (Å²) in [5.74, 6) is -0.978. The summed E-state index contributed by atoms with van der Waals surface area (Å²) in [5.41, 5.74) is 1.69. The number of nitrogens with one attached hydrogen (secondary N) is 1. The zero-order valence-electron chi connectivity index (χ0n) is 16.8. The van der Waals surface area contributed by atoms with E-state index in [-0.39, 0.29) is 5.57 Å². The molecule has 33 heavy (non-hydrogen) atoms. The van der Waals surface area contributed by atoms with E-state index in [9.17, 15) is 14.4 Å². The van der Waals surface area contributed by atoms with Crippen molar-refractivity contribution in [2.75, 3.05) is 4.90 Å². The second kappa shape index (κ2) is 10.2. The van der Waals surface area contributed by atoms with Crippen LogP contribution in [0.25, 0.3) is 6.08 Å². The van der Waals surface area contributed by atoms with Crippen molar-refractivity contribution >= 4 is 84.1 Å². The lowest BCUT2D eigenvalue weighted by atomic mass is 10.1. The van der Waals surface area contributed by atoms with Crippen LogP contribution >= 0.6 is 54.5 Å². The molecule has 9 heteroatoms. The highest BCUT2D eigenvalue weighted by atomic mass is 127. The molecular weight excluding hydrogens is 667 g/mol. The van der Waals surface area contributed by atoms with E-state index in [4.69, 9.17) is 4.74 Å². The first kappa shape index (κ1) is 23.7. The molecule has 1 aliphatic rings. The first-order chi connectivity index (χ1) is 15.8. The molecule has 3 aromatic carbocycles. The number of amides is 4. The van der Waals surface area contributed by atoms with E-state index in [1.165, 1.54) is 6.08 Å². The third-order valence-electron chi connectivity index (χ3n) is 4.77. The molecule has 4 rings (SSSR count). The molecule has 6 nitrogen and oxygen atoms in total. The van der Waals surface area contributed by atoms with Crippen LogP contribution < -0.4 is 15.0 Å². The molecule has 0 unspecified atom stereocenters.